The van der Waals surface area contributed by atoms with Gasteiger partial charge in [-0.25, -0.2) is 9.59 Å². The van der Waals surface area contributed by atoms with Crippen LogP contribution in [0.4, 0.5) is 11.4 Å². The first kappa shape index (κ1) is 18.5. The second-order valence-corrected chi connectivity index (χ2v) is 6.86. The number of hydrogen-bond donors (Lipinski definition) is 0. The molecule has 3 aromatic rings. The zero-order valence-corrected chi connectivity index (χ0v) is 15.7. The smallest absolute Gasteiger partial charge is 0.362 e. The summed E-state index contributed by atoms with van der Waals surface area (Å²) in [6, 6.07) is 7.90. The lowest BCUT2D eigenvalue weighted by molar-refractivity contribution is -0.421. The number of esters is 2. The Morgan fingerprint density at radius 3 is 2.26 bits per heavy atom. The summed E-state index contributed by atoms with van der Waals surface area (Å²) in [5.41, 5.74) is -2.13. The van der Waals surface area contributed by atoms with Crippen molar-refractivity contribution < 1.29 is 33.6 Å². The molecule has 2 aliphatic rings. The van der Waals surface area contributed by atoms with Crippen LogP contribution in [0.1, 0.15) is 31.8 Å². The molecule has 5 rings (SSSR count). The van der Waals surface area contributed by atoms with Gasteiger partial charge in [-0.15, -0.1) is 0 Å². The predicted octanol–water partition coefficient (Wildman–Crippen LogP) is 3.67. The van der Waals surface area contributed by atoms with E-state index in [0.29, 0.717) is 17.1 Å². The summed E-state index contributed by atoms with van der Waals surface area (Å²) in [7, 11) is 1.48. The van der Waals surface area contributed by atoms with E-state index in [1.54, 1.807) is 18.2 Å². The van der Waals surface area contributed by atoms with Crippen molar-refractivity contribution in [3.8, 4) is 17.2 Å². The largest absolute Gasteiger partial charge is 0.497 e. The molecule has 0 radical (unpaired) electrons. The molecule has 0 fully saturated rings. The number of hydrogen-bond acceptors (Lipinski definition) is 9. The van der Waals surface area contributed by atoms with Gasteiger partial charge in [-0.2, -0.15) is 0 Å². The molecule has 0 saturated heterocycles. The van der Waals surface area contributed by atoms with E-state index < -0.39 is 38.7 Å². The SMILES string of the molecule is COc1ccc2c(c1)Cc1c(ccc3c4c(c([N+](=O)[O-])c([N+](=O)[O-])c13)C(=O)OC4=O)O2. The van der Waals surface area contributed by atoms with E-state index in [2.05, 4.69) is 4.74 Å². The van der Waals surface area contributed by atoms with Crippen molar-refractivity contribution in [1.29, 1.82) is 0 Å². The molecule has 0 bridgehead atoms. The highest BCUT2D eigenvalue weighted by molar-refractivity contribution is 6.26. The molecule has 31 heavy (non-hydrogen) atoms. The Kier molecular flexibility index (Phi) is 3.71. The molecule has 2 heterocycles. The van der Waals surface area contributed by atoms with Crippen molar-refractivity contribution in [3.63, 3.8) is 0 Å². The third kappa shape index (κ3) is 2.46. The first-order valence-corrected chi connectivity index (χ1v) is 8.87. The molecule has 0 atom stereocenters. The highest BCUT2D eigenvalue weighted by Gasteiger charge is 2.46. The van der Waals surface area contributed by atoms with Crippen LogP contribution in [0.25, 0.3) is 10.8 Å². The minimum atomic E-state index is -1.29. The Morgan fingerprint density at radius 2 is 1.58 bits per heavy atom. The number of nitro benzene ring substituents is 2. The summed E-state index contributed by atoms with van der Waals surface area (Å²) in [6.45, 7) is 0. The van der Waals surface area contributed by atoms with Gasteiger partial charge < -0.3 is 14.2 Å². The molecule has 0 aliphatic carbocycles. The monoisotopic (exact) mass is 422 g/mol. The molecule has 0 aromatic heterocycles. The lowest BCUT2D eigenvalue weighted by atomic mass is 9.89. The molecule has 11 nitrogen and oxygen atoms in total. The molecule has 154 valence electrons. The number of fused-ring (bicyclic) bond motifs is 6. The Morgan fingerprint density at radius 1 is 0.903 bits per heavy atom. The van der Waals surface area contributed by atoms with E-state index in [0.717, 1.165) is 0 Å². The molecule has 0 saturated carbocycles. The van der Waals surface area contributed by atoms with Gasteiger partial charge in [-0.3, -0.25) is 20.2 Å². The first-order chi connectivity index (χ1) is 14.8. The minimum Gasteiger partial charge on any atom is -0.497 e. The van der Waals surface area contributed by atoms with Gasteiger partial charge in [0.2, 0.25) is 0 Å². The third-order valence-corrected chi connectivity index (χ3v) is 5.30. The summed E-state index contributed by atoms with van der Waals surface area (Å²) < 4.78 is 15.6. The maximum Gasteiger partial charge on any atom is 0.362 e. The molecular weight excluding hydrogens is 412 g/mol. The standard InChI is InChI=1S/C20H10N2O9/c1-29-9-2-4-12-8(6-9)7-11-13(30-12)5-3-10-14(11)17(21(25)26)18(22(27)28)16-15(10)19(23)31-20(16)24/h2-6H,7H2,1H3. The average Bonchev–Trinajstić information content (AvgIpc) is 3.04. The van der Waals surface area contributed by atoms with Crippen LogP contribution in [-0.4, -0.2) is 28.9 Å². The number of nitro groups is 2. The summed E-state index contributed by atoms with van der Waals surface area (Å²) in [5.74, 6) is -1.11. The van der Waals surface area contributed by atoms with Crippen LogP contribution in [0.3, 0.4) is 0 Å². The molecular formula is C20H10N2O9. The fourth-order valence-corrected chi connectivity index (χ4v) is 4.05. The quantitative estimate of drug-likeness (QED) is 0.209. The summed E-state index contributed by atoms with van der Waals surface area (Å²) >= 11 is 0. The number of nitrogens with zero attached hydrogens (tertiary/aromatic N) is 2. The van der Waals surface area contributed by atoms with Gasteiger partial charge in [0, 0.05) is 22.9 Å². The maximum atomic E-state index is 12.3. The van der Waals surface area contributed by atoms with Crippen LogP contribution in [0, 0.1) is 20.2 Å². The van der Waals surface area contributed by atoms with Gasteiger partial charge >= 0.3 is 23.3 Å². The molecule has 0 amide bonds. The van der Waals surface area contributed by atoms with Gasteiger partial charge in [-0.1, -0.05) is 0 Å². The first-order valence-electron chi connectivity index (χ1n) is 8.87. The molecule has 0 unspecified atom stereocenters. The number of rotatable bonds is 3. The van der Waals surface area contributed by atoms with Gasteiger partial charge in [0.05, 0.1) is 27.9 Å². The van der Waals surface area contributed by atoms with Crippen molar-refractivity contribution in [2.75, 3.05) is 7.11 Å². The van der Waals surface area contributed by atoms with E-state index in [1.807, 2.05) is 0 Å². The van der Waals surface area contributed by atoms with Crippen LogP contribution in [0.5, 0.6) is 17.2 Å². The molecule has 2 aliphatic heterocycles. The van der Waals surface area contributed by atoms with Crippen molar-refractivity contribution in [3.05, 3.63) is 72.8 Å². The number of benzene rings is 3. The van der Waals surface area contributed by atoms with Gasteiger partial charge in [0.25, 0.3) is 0 Å². The topological polar surface area (TPSA) is 148 Å². The van der Waals surface area contributed by atoms with Crippen molar-refractivity contribution >= 4 is 34.1 Å². The Balaban J connectivity index is 1.92. The fraction of sp³-hybridized carbons (Fsp3) is 0.100. The van der Waals surface area contributed by atoms with Crippen LogP contribution in [0.15, 0.2) is 30.3 Å². The second kappa shape index (κ2) is 6.23. The Bertz CT molecular complexity index is 1390. The van der Waals surface area contributed by atoms with E-state index in [4.69, 9.17) is 9.47 Å². The number of methoxy groups -OCH3 is 1. The summed E-state index contributed by atoms with van der Waals surface area (Å²) in [4.78, 5) is 46.2. The lowest BCUT2D eigenvalue weighted by Crippen LogP contribution is -2.10. The van der Waals surface area contributed by atoms with Crippen molar-refractivity contribution in [2.24, 2.45) is 0 Å². The number of carbonyl (C=O) groups excluding carboxylic acids is 2. The van der Waals surface area contributed by atoms with E-state index in [-0.39, 0.29) is 34.1 Å². The normalized spacial score (nSPS) is 13.7. The highest BCUT2D eigenvalue weighted by Crippen LogP contribution is 2.50. The molecule has 3 aromatic carbocycles. The number of cyclic esters (lactones) is 2. The van der Waals surface area contributed by atoms with Crippen LogP contribution >= 0.6 is 0 Å². The minimum absolute atomic E-state index is 0.0110. The number of carbonyl (C=O) groups is 2. The molecule has 11 heteroatoms. The van der Waals surface area contributed by atoms with E-state index in [9.17, 15) is 29.8 Å². The second-order valence-electron chi connectivity index (χ2n) is 6.86. The van der Waals surface area contributed by atoms with Gasteiger partial charge in [-0.05, 0) is 30.3 Å². The lowest BCUT2D eigenvalue weighted by Gasteiger charge is -2.22. The van der Waals surface area contributed by atoms with Crippen LogP contribution in [-0.2, 0) is 11.2 Å². The summed E-state index contributed by atoms with van der Waals surface area (Å²) in [6.07, 6.45) is 0.124. The maximum absolute atomic E-state index is 12.3. The number of ether oxygens (including phenoxy) is 3. The fourth-order valence-electron chi connectivity index (χ4n) is 4.05. The average molecular weight is 422 g/mol. The molecule has 0 spiro atoms. The molecule has 0 N–H and O–H groups in total. The third-order valence-electron chi connectivity index (χ3n) is 5.30. The van der Waals surface area contributed by atoms with Crippen molar-refractivity contribution in [1.82, 2.24) is 0 Å². The summed E-state index contributed by atoms with van der Waals surface area (Å²) in [5, 5.41) is 23.6. The Hall–Kier alpha value is -4.54. The zero-order chi connectivity index (χ0) is 22.0. The van der Waals surface area contributed by atoms with Crippen LogP contribution in [0.2, 0.25) is 0 Å². The van der Waals surface area contributed by atoms with Gasteiger partial charge in [0.15, 0.2) is 5.56 Å². The predicted molar refractivity (Wildman–Crippen MR) is 103 cm³/mol. The highest BCUT2D eigenvalue weighted by atomic mass is 16.6. The van der Waals surface area contributed by atoms with E-state index in [1.165, 1.54) is 19.2 Å². The Labute approximate surface area is 172 Å². The van der Waals surface area contributed by atoms with Crippen LogP contribution < -0.4 is 9.47 Å². The van der Waals surface area contributed by atoms with E-state index >= 15 is 0 Å². The van der Waals surface area contributed by atoms with Gasteiger partial charge in [0.1, 0.15) is 17.2 Å². The zero-order valence-electron chi connectivity index (χ0n) is 15.7. The van der Waals surface area contributed by atoms with Crippen molar-refractivity contribution in [2.45, 2.75) is 6.42 Å².